The SMILES string of the molecule is CC(=O)O[C@H]1[C@@H]2[C@]3(O)CO[C@@H]3C[C@H](O)[C@@]2(C)C(=O)[C@H](O)C2=C(C)[C@@H](OC(=O)[C@H](O)[C@H](C=C(C)C)NC(=O)OC(C)C)C[C@]1(O)C2(C)C.[Ac].[Ac]. The molecule has 3 aliphatic carbocycles. The van der Waals surface area contributed by atoms with Crippen molar-refractivity contribution in [1.29, 1.82) is 0 Å². The fraction of sp³-hybridized carbons (Fsp3) is 0.758. The van der Waals surface area contributed by atoms with Crippen molar-refractivity contribution in [1.82, 2.24) is 5.32 Å². The Bertz CT molecular complexity index is 1380. The number of Topliss-reactive ketones (excluding diaryl/α,β-unsaturated/α-hetero) is 1. The number of allylic oxidation sites excluding steroid dienone is 1. The minimum absolute atomic E-state index is 0. The monoisotopic (exact) mass is 1120 g/mol. The number of carbonyl (C=O) groups is 4. The molecular weight excluding hydrogens is 1070 g/mol. The van der Waals surface area contributed by atoms with E-state index in [-0.39, 0.29) is 112 Å². The number of rotatable bonds is 7. The molecule has 1 heterocycles. The van der Waals surface area contributed by atoms with Crippen molar-refractivity contribution >= 4 is 23.8 Å². The molecule has 1 saturated heterocycles. The van der Waals surface area contributed by atoms with E-state index >= 15 is 0 Å². The molecule has 3 fully saturated rings. The summed E-state index contributed by atoms with van der Waals surface area (Å²) >= 11 is 0. The van der Waals surface area contributed by atoms with Gasteiger partial charge in [-0.05, 0) is 52.7 Å². The van der Waals surface area contributed by atoms with E-state index in [1.54, 1.807) is 41.5 Å². The van der Waals surface area contributed by atoms with Gasteiger partial charge in [0, 0.05) is 119 Å². The molecule has 49 heavy (non-hydrogen) atoms. The summed E-state index contributed by atoms with van der Waals surface area (Å²) in [6.07, 6.45) is -9.84. The molecule has 2 radical (unpaired) electrons. The van der Waals surface area contributed by atoms with Gasteiger partial charge in [-0.15, -0.1) is 0 Å². The van der Waals surface area contributed by atoms with E-state index in [4.69, 9.17) is 18.9 Å². The molecule has 4 rings (SSSR count). The van der Waals surface area contributed by atoms with Crippen LogP contribution >= 0.6 is 0 Å². The first-order valence-electron chi connectivity index (χ1n) is 15.9. The second kappa shape index (κ2) is 16.2. The fourth-order valence-electron chi connectivity index (χ4n) is 8.11. The second-order valence-corrected chi connectivity index (χ2v) is 14.7. The zero-order chi connectivity index (χ0) is 35.6. The Morgan fingerprint density at radius 1 is 1.04 bits per heavy atom. The second-order valence-electron chi connectivity index (χ2n) is 14.7. The van der Waals surface area contributed by atoms with Gasteiger partial charge in [0.1, 0.15) is 29.5 Å². The van der Waals surface area contributed by atoms with Crippen molar-refractivity contribution in [2.45, 2.75) is 135 Å². The van der Waals surface area contributed by atoms with Crippen LogP contribution in [0.3, 0.4) is 0 Å². The van der Waals surface area contributed by atoms with Crippen molar-refractivity contribution in [2.24, 2.45) is 16.7 Å². The molecule has 0 aromatic rings. The van der Waals surface area contributed by atoms with Crippen molar-refractivity contribution in [3.05, 3.63) is 22.8 Å². The van der Waals surface area contributed by atoms with E-state index in [2.05, 4.69) is 5.32 Å². The maximum atomic E-state index is 14.3. The van der Waals surface area contributed by atoms with Crippen LogP contribution < -0.4 is 5.32 Å². The standard InChI is InChI=1S/C33H49NO13.2Ac/c1-14(2)10-18(34-29(41)45-15(3)4)23(37)28(40)47-19-12-33(43)27(46-17(6)35)25-31(9,20(36)11-21-32(25,42)13-44-21)26(39)24(38)22(16(19)5)30(33,7)8;;/h10,15,18-21,23-25,27,36-38,42-43H,11-13H2,1-9H3,(H,34,41);;/t18-,19-,20-,21+,23+,24+,25-,27-,31+,32-,33+;;/m0../s1. The number of esters is 2. The molecule has 6 N–H and O–H groups in total. The molecule has 4 aliphatic rings. The molecule has 14 nitrogen and oxygen atoms in total. The normalized spacial score (nSPS) is 37.2. The topological polar surface area (TPSA) is 218 Å². The number of hydrogen-bond acceptors (Lipinski definition) is 13. The first kappa shape index (κ1) is 45.2. The summed E-state index contributed by atoms with van der Waals surface area (Å²) < 4.78 is 22.2. The Morgan fingerprint density at radius 2 is 1.63 bits per heavy atom. The van der Waals surface area contributed by atoms with E-state index in [1.807, 2.05) is 0 Å². The number of ketones is 1. The molecule has 11 atom stereocenters. The Morgan fingerprint density at radius 3 is 2.12 bits per heavy atom. The van der Waals surface area contributed by atoms with E-state index in [9.17, 15) is 44.7 Å². The first-order valence-corrected chi connectivity index (χ1v) is 15.9. The maximum absolute atomic E-state index is 14.3. The minimum Gasteiger partial charge on any atom is -0.459 e. The van der Waals surface area contributed by atoms with E-state index < -0.39 is 107 Å². The third kappa shape index (κ3) is 7.82. The van der Waals surface area contributed by atoms with Crippen LogP contribution in [0, 0.1) is 105 Å². The minimum atomic E-state index is -2.22. The Labute approximate surface area is 358 Å². The predicted octanol–water partition coefficient (Wildman–Crippen LogP) is 0.598. The van der Waals surface area contributed by atoms with Gasteiger partial charge in [0.05, 0.1) is 36.4 Å². The molecule has 270 valence electrons. The van der Waals surface area contributed by atoms with Gasteiger partial charge < -0.3 is 49.8 Å². The average Bonchev–Trinajstić information content (AvgIpc) is 2.94. The van der Waals surface area contributed by atoms with Crippen LogP contribution in [0.25, 0.3) is 0 Å². The molecule has 1 aliphatic heterocycles. The average molecular weight is 1120 g/mol. The van der Waals surface area contributed by atoms with Crippen LogP contribution in [-0.2, 0) is 33.3 Å². The Hall–Kier alpha value is 0.00312. The van der Waals surface area contributed by atoms with Crippen molar-refractivity contribution < 1.29 is 152 Å². The zero-order valence-electron chi connectivity index (χ0n) is 29.6. The Kier molecular flexibility index (Phi) is 14.9. The number of hydrogen-bond donors (Lipinski definition) is 6. The summed E-state index contributed by atoms with van der Waals surface area (Å²) in [6.45, 7) is 13.4. The summed E-state index contributed by atoms with van der Waals surface area (Å²) in [7, 11) is 0. The van der Waals surface area contributed by atoms with E-state index in [0.717, 1.165) is 6.92 Å². The number of alkyl carbamates (subject to hydrolysis) is 1. The zero-order valence-corrected chi connectivity index (χ0v) is 39.0. The van der Waals surface area contributed by atoms with Crippen LogP contribution in [-0.4, -0.2) is 116 Å². The molecular formula is C33H49Ac2NO13. The van der Waals surface area contributed by atoms with Crippen LogP contribution in [0.4, 0.5) is 4.79 Å². The molecule has 16 heteroatoms. The smallest absolute Gasteiger partial charge is 0.407 e. The fourth-order valence-corrected chi connectivity index (χ4v) is 8.11. The van der Waals surface area contributed by atoms with Gasteiger partial charge in [-0.3, -0.25) is 9.59 Å². The van der Waals surface area contributed by atoms with Gasteiger partial charge in [-0.1, -0.05) is 25.5 Å². The van der Waals surface area contributed by atoms with Crippen LogP contribution in [0.2, 0.25) is 0 Å². The molecule has 0 aromatic carbocycles. The van der Waals surface area contributed by atoms with E-state index in [0.29, 0.717) is 5.57 Å². The van der Waals surface area contributed by atoms with Crippen LogP contribution in [0.15, 0.2) is 22.8 Å². The molecule has 0 aromatic heterocycles. The van der Waals surface area contributed by atoms with Crippen molar-refractivity contribution in [2.75, 3.05) is 6.61 Å². The van der Waals surface area contributed by atoms with Gasteiger partial charge in [-0.2, -0.15) is 0 Å². The summed E-state index contributed by atoms with van der Waals surface area (Å²) in [6, 6.07) is -1.27. The number of amides is 1. The van der Waals surface area contributed by atoms with Gasteiger partial charge in [0.2, 0.25) is 0 Å². The van der Waals surface area contributed by atoms with Crippen LogP contribution in [0.1, 0.15) is 75.2 Å². The number of aliphatic hydroxyl groups is 5. The first-order chi connectivity index (χ1) is 21.5. The number of nitrogens with one attached hydrogen (secondary N) is 1. The van der Waals surface area contributed by atoms with Gasteiger partial charge >= 0.3 is 18.0 Å². The largest absolute Gasteiger partial charge is 0.459 e. The number of fused-ring (bicyclic) bond motifs is 5. The van der Waals surface area contributed by atoms with Gasteiger partial charge in [-0.25, -0.2) is 9.59 Å². The van der Waals surface area contributed by atoms with Crippen molar-refractivity contribution in [3.63, 3.8) is 0 Å². The van der Waals surface area contributed by atoms with E-state index in [1.165, 1.54) is 19.9 Å². The number of ether oxygens (including phenoxy) is 4. The molecule has 2 saturated carbocycles. The van der Waals surface area contributed by atoms with Crippen molar-refractivity contribution in [3.8, 4) is 0 Å². The maximum Gasteiger partial charge on any atom is 0.407 e. The molecule has 2 bridgehead atoms. The quantitative estimate of drug-likeness (QED) is 0.117. The summed E-state index contributed by atoms with van der Waals surface area (Å²) in [4.78, 5) is 52.8. The van der Waals surface area contributed by atoms with Crippen LogP contribution in [0.5, 0.6) is 0 Å². The third-order valence-corrected chi connectivity index (χ3v) is 10.6. The van der Waals surface area contributed by atoms with Gasteiger partial charge in [0.25, 0.3) is 0 Å². The number of carbonyl (C=O) groups excluding carboxylic acids is 4. The molecule has 0 unspecified atom stereocenters. The summed E-state index contributed by atoms with van der Waals surface area (Å²) in [5, 5.41) is 61.4. The number of aliphatic hydroxyl groups excluding tert-OH is 3. The Balaban J connectivity index is 0.00000417. The third-order valence-electron chi connectivity index (χ3n) is 10.6. The summed E-state index contributed by atoms with van der Waals surface area (Å²) in [5.41, 5.74) is -6.66. The molecule has 0 spiro atoms. The summed E-state index contributed by atoms with van der Waals surface area (Å²) in [5.74, 6) is -4.38. The predicted molar refractivity (Wildman–Crippen MR) is 163 cm³/mol. The van der Waals surface area contributed by atoms with Gasteiger partial charge in [0.15, 0.2) is 11.9 Å². The molecule has 1 amide bonds.